The summed E-state index contributed by atoms with van der Waals surface area (Å²) >= 11 is 0. The number of aromatic nitrogens is 1. The predicted molar refractivity (Wildman–Crippen MR) is 114 cm³/mol. The van der Waals surface area contributed by atoms with Crippen molar-refractivity contribution < 1.29 is 14.3 Å². The van der Waals surface area contributed by atoms with Crippen LogP contribution in [0.2, 0.25) is 0 Å². The number of nitrogens with zero attached hydrogens (tertiary/aromatic N) is 2. The fourth-order valence-corrected chi connectivity index (χ4v) is 3.93. The number of carbonyl (C=O) groups is 1. The second-order valence-corrected chi connectivity index (χ2v) is 7.50. The van der Waals surface area contributed by atoms with E-state index in [4.69, 9.17) is 14.5 Å². The van der Waals surface area contributed by atoms with E-state index in [2.05, 4.69) is 0 Å². The summed E-state index contributed by atoms with van der Waals surface area (Å²) in [5, 5.41) is 0.869. The van der Waals surface area contributed by atoms with Crippen LogP contribution < -0.4 is 4.74 Å². The minimum atomic E-state index is 0.0211. The molecule has 2 atom stereocenters. The summed E-state index contributed by atoms with van der Waals surface area (Å²) in [5.74, 6) is 0.816. The molecule has 5 heteroatoms. The van der Waals surface area contributed by atoms with E-state index in [1.54, 1.807) is 0 Å². The monoisotopic (exact) mass is 390 g/mol. The van der Waals surface area contributed by atoms with Gasteiger partial charge >= 0.3 is 0 Å². The zero-order valence-corrected chi connectivity index (χ0v) is 17.1. The lowest BCUT2D eigenvalue weighted by Crippen LogP contribution is -2.48. The second kappa shape index (κ2) is 8.21. The largest absolute Gasteiger partial charge is 0.494 e. The van der Waals surface area contributed by atoms with Gasteiger partial charge in [-0.05, 0) is 45.0 Å². The molecule has 2 aromatic carbocycles. The van der Waals surface area contributed by atoms with E-state index in [1.807, 2.05) is 80.3 Å². The minimum absolute atomic E-state index is 0.0211. The molecule has 1 fully saturated rings. The van der Waals surface area contributed by atoms with Gasteiger partial charge in [0.1, 0.15) is 5.75 Å². The molecular formula is C24H26N2O3. The number of morpholine rings is 1. The van der Waals surface area contributed by atoms with E-state index in [0.29, 0.717) is 25.3 Å². The van der Waals surface area contributed by atoms with Crippen molar-refractivity contribution in [3.63, 3.8) is 0 Å². The highest BCUT2D eigenvalue weighted by atomic mass is 16.5. The Kier molecular flexibility index (Phi) is 5.49. The number of hydrogen-bond acceptors (Lipinski definition) is 4. The Morgan fingerprint density at radius 3 is 2.62 bits per heavy atom. The summed E-state index contributed by atoms with van der Waals surface area (Å²) in [4.78, 5) is 20.2. The van der Waals surface area contributed by atoms with Gasteiger partial charge in [-0.1, -0.05) is 30.3 Å². The number of carbonyl (C=O) groups excluding carboxylic acids is 1. The van der Waals surface area contributed by atoms with Gasteiger partial charge in [0.15, 0.2) is 0 Å². The first-order valence-electron chi connectivity index (χ1n) is 10.1. The van der Waals surface area contributed by atoms with Crippen molar-refractivity contribution in [3.05, 3.63) is 60.2 Å². The Bertz CT molecular complexity index is 1020. The van der Waals surface area contributed by atoms with Gasteiger partial charge in [0, 0.05) is 24.0 Å². The third-order valence-corrected chi connectivity index (χ3v) is 5.09. The molecule has 0 saturated carbocycles. The first kappa shape index (κ1) is 19.4. The summed E-state index contributed by atoms with van der Waals surface area (Å²) in [7, 11) is 0. The van der Waals surface area contributed by atoms with Crippen LogP contribution in [0.3, 0.4) is 0 Å². The molecule has 1 aromatic heterocycles. The normalized spacial score (nSPS) is 19.3. The van der Waals surface area contributed by atoms with E-state index in [1.165, 1.54) is 0 Å². The highest BCUT2D eigenvalue weighted by Gasteiger charge is 2.28. The third kappa shape index (κ3) is 4.10. The molecule has 150 valence electrons. The van der Waals surface area contributed by atoms with Crippen molar-refractivity contribution >= 4 is 16.8 Å². The predicted octanol–water partition coefficient (Wildman–Crippen LogP) is 4.55. The molecule has 2 heterocycles. The zero-order chi connectivity index (χ0) is 20.4. The van der Waals surface area contributed by atoms with Crippen LogP contribution in [0.5, 0.6) is 5.75 Å². The average molecular weight is 390 g/mol. The molecule has 1 amide bonds. The third-order valence-electron chi connectivity index (χ3n) is 5.09. The van der Waals surface area contributed by atoms with Crippen LogP contribution in [0, 0.1) is 0 Å². The molecule has 29 heavy (non-hydrogen) atoms. The lowest BCUT2D eigenvalue weighted by Gasteiger charge is -2.35. The maximum atomic E-state index is 13.5. The molecule has 3 aromatic rings. The van der Waals surface area contributed by atoms with E-state index in [9.17, 15) is 4.79 Å². The van der Waals surface area contributed by atoms with Crippen LogP contribution in [-0.4, -0.2) is 47.7 Å². The molecule has 4 rings (SSSR count). The van der Waals surface area contributed by atoms with Crippen LogP contribution >= 0.6 is 0 Å². The van der Waals surface area contributed by atoms with Crippen molar-refractivity contribution in [1.29, 1.82) is 0 Å². The molecule has 1 aliphatic heterocycles. The molecule has 1 aliphatic rings. The minimum Gasteiger partial charge on any atom is -0.494 e. The lowest BCUT2D eigenvalue weighted by molar-refractivity contribution is -0.0585. The molecule has 5 nitrogen and oxygen atoms in total. The van der Waals surface area contributed by atoms with Crippen LogP contribution in [-0.2, 0) is 4.74 Å². The summed E-state index contributed by atoms with van der Waals surface area (Å²) in [6.45, 7) is 7.76. The topological polar surface area (TPSA) is 51.7 Å². The fraction of sp³-hybridized carbons (Fsp3) is 0.333. The molecular weight excluding hydrogens is 364 g/mol. The standard InChI is InChI=1S/C24H26N2O3/c1-4-28-19-9-7-8-18(12-19)23-13-21(20-10-5-6-11-22(20)25-23)24(27)26-14-16(2)29-17(3)15-26/h5-13,16-17H,4,14-15H2,1-3H3/t16-,17+. The summed E-state index contributed by atoms with van der Waals surface area (Å²) < 4.78 is 11.4. The molecule has 0 N–H and O–H groups in total. The number of ether oxygens (including phenoxy) is 2. The summed E-state index contributed by atoms with van der Waals surface area (Å²) in [6, 6.07) is 17.5. The Balaban J connectivity index is 1.79. The summed E-state index contributed by atoms with van der Waals surface area (Å²) in [5.41, 5.74) is 3.18. The average Bonchev–Trinajstić information content (AvgIpc) is 2.72. The number of amides is 1. The van der Waals surface area contributed by atoms with E-state index in [-0.39, 0.29) is 18.1 Å². The molecule has 0 bridgehead atoms. The maximum absolute atomic E-state index is 13.5. The highest BCUT2D eigenvalue weighted by Crippen LogP contribution is 2.28. The number of fused-ring (bicyclic) bond motifs is 1. The van der Waals surface area contributed by atoms with Gasteiger partial charge in [-0.3, -0.25) is 4.79 Å². The number of para-hydroxylation sites is 1. The second-order valence-electron chi connectivity index (χ2n) is 7.50. The number of pyridine rings is 1. The Morgan fingerprint density at radius 2 is 1.86 bits per heavy atom. The molecule has 1 saturated heterocycles. The number of hydrogen-bond donors (Lipinski definition) is 0. The highest BCUT2D eigenvalue weighted by molar-refractivity contribution is 6.07. The van der Waals surface area contributed by atoms with Crippen molar-refractivity contribution in [3.8, 4) is 17.0 Å². The van der Waals surface area contributed by atoms with E-state index >= 15 is 0 Å². The lowest BCUT2D eigenvalue weighted by atomic mass is 10.0. The first-order valence-corrected chi connectivity index (χ1v) is 10.1. The molecule has 0 spiro atoms. The van der Waals surface area contributed by atoms with Gasteiger partial charge in [0.05, 0.1) is 35.6 Å². The van der Waals surface area contributed by atoms with Gasteiger partial charge in [-0.2, -0.15) is 0 Å². The Morgan fingerprint density at radius 1 is 1.10 bits per heavy atom. The number of benzene rings is 2. The summed E-state index contributed by atoms with van der Waals surface area (Å²) in [6.07, 6.45) is 0.0521. The smallest absolute Gasteiger partial charge is 0.254 e. The molecule has 0 radical (unpaired) electrons. The van der Waals surface area contributed by atoms with Crippen molar-refractivity contribution in [2.24, 2.45) is 0 Å². The van der Waals surface area contributed by atoms with Crippen LogP contribution in [0.4, 0.5) is 0 Å². The maximum Gasteiger partial charge on any atom is 0.254 e. The molecule has 0 unspecified atom stereocenters. The van der Waals surface area contributed by atoms with Gasteiger partial charge in [-0.25, -0.2) is 4.98 Å². The van der Waals surface area contributed by atoms with Gasteiger partial charge in [0.2, 0.25) is 0 Å². The SMILES string of the molecule is CCOc1cccc(-c2cc(C(=O)N3C[C@@H](C)O[C@@H](C)C3)c3ccccc3n2)c1. The van der Waals surface area contributed by atoms with Crippen LogP contribution in [0.25, 0.3) is 22.2 Å². The van der Waals surface area contributed by atoms with E-state index in [0.717, 1.165) is 27.9 Å². The fourth-order valence-electron chi connectivity index (χ4n) is 3.93. The quantitative estimate of drug-likeness (QED) is 0.656. The zero-order valence-electron chi connectivity index (χ0n) is 17.1. The molecule has 0 aliphatic carbocycles. The van der Waals surface area contributed by atoms with Gasteiger partial charge < -0.3 is 14.4 Å². The number of rotatable bonds is 4. The van der Waals surface area contributed by atoms with Gasteiger partial charge in [-0.15, -0.1) is 0 Å². The van der Waals surface area contributed by atoms with Crippen molar-refractivity contribution in [2.45, 2.75) is 33.0 Å². The van der Waals surface area contributed by atoms with Crippen molar-refractivity contribution in [1.82, 2.24) is 9.88 Å². The van der Waals surface area contributed by atoms with E-state index < -0.39 is 0 Å². The van der Waals surface area contributed by atoms with Gasteiger partial charge in [0.25, 0.3) is 5.91 Å². The Labute approximate surface area is 171 Å². The van der Waals surface area contributed by atoms with Crippen LogP contribution in [0.15, 0.2) is 54.6 Å². The van der Waals surface area contributed by atoms with Crippen molar-refractivity contribution in [2.75, 3.05) is 19.7 Å². The van der Waals surface area contributed by atoms with Crippen LogP contribution in [0.1, 0.15) is 31.1 Å². The Hall–Kier alpha value is -2.92. The first-order chi connectivity index (χ1) is 14.0.